The predicted molar refractivity (Wildman–Crippen MR) is 104 cm³/mol. The molecular formula is C14H18N4O3S4. The van der Waals surface area contributed by atoms with Crippen LogP contribution in [0.2, 0.25) is 0 Å². The van der Waals surface area contributed by atoms with E-state index in [-0.39, 0.29) is 15.9 Å². The summed E-state index contributed by atoms with van der Waals surface area (Å²) in [6, 6.07) is 4.59. The van der Waals surface area contributed by atoms with Gasteiger partial charge in [0.15, 0.2) is 4.34 Å². The lowest BCUT2D eigenvalue weighted by atomic mass is 10.3. The van der Waals surface area contributed by atoms with Gasteiger partial charge in [-0.2, -0.15) is 0 Å². The van der Waals surface area contributed by atoms with Crippen molar-refractivity contribution in [3.63, 3.8) is 0 Å². The third-order valence-corrected chi connectivity index (χ3v) is 7.29. The summed E-state index contributed by atoms with van der Waals surface area (Å²) in [7, 11) is -3.82. The summed E-state index contributed by atoms with van der Waals surface area (Å²) >= 11 is 4.15. The molecule has 1 heterocycles. The summed E-state index contributed by atoms with van der Waals surface area (Å²) in [5.74, 6) is 0.636. The maximum Gasteiger partial charge on any atom is 0.263 e. The van der Waals surface area contributed by atoms with E-state index < -0.39 is 10.0 Å². The van der Waals surface area contributed by atoms with Crippen LogP contribution in [0.5, 0.6) is 0 Å². The van der Waals surface area contributed by atoms with E-state index in [2.05, 4.69) is 27.2 Å². The van der Waals surface area contributed by atoms with Crippen LogP contribution in [0.1, 0.15) is 20.3 Å². The van der Waals surface area contributed by atoms with Crippen molar-refractivity contribution < 1.29 is 13.2 Å². The molecule has 25 heavy (non-hydrogen) atoms. The molecule has 0 aliphatic rings. The number of carbonyl (C=O) groups excluding carboxylic acids is 1. The molecule has 2 N–H and O–H groups in total. The standard InChI is InChI=1S/C14H18N4O3S4/c1-4-7-23-14-17-16-13(24-14)18-25(20,21)10-5-6-12(22-3)11(8-10)15-9(2)19/h5-6,8H,4,7H2,1-3H3,(H,15,19)(H,16,18). The first kappa shape index (κ1) is 20.0. The smallest absolute Gasteiger partial charge is 0.263 e. The molecule has 0 spiro atoms. The molecule has 0 saturated carbocycles. The summed E-state index contributed by atoms with van der Waals surface area (Å²) in [5.41, 5.74) is 0.458. The summed E-state index contributed by atoms with van der Waals surface area (Å²) < 4.78 is 28.3. The molecule has 0 fully saturated rings. The van der Waals surface area contributed by atoms with Crippen LogP contribution in [0.15, 0.2) is 32.3 Å². The van der Waals surface area contributed by atoms with Gasteiger partial charge in [-0.15, -0.1) is 22.0 Å². The molecule has 0 aliphatic carbocycles. The normalized spacial score (nSPS) is 11.3. The molecule has 0 saturated heterocycles. The number of hydrogen-bond donors (Lipinski definition) is 2. The van der Waals surface area contributed by atoms with Crippen LogP contribution < -0.4 is 10.0 Å². The number of benzene rings is 1. The fraction of sp³-hybridized carbons (Fsp3) is 0.357. The topological polar surface area (TPSA) is 101 Å². The van der Waals surface area contributed by atoms with Gasteiger partial charge in [0.05, 0.1) is 10.6 Å². The number of sulfonamides is 1. The highest BCUT2D eigenvalue weighted by Gasteiger charge is 2.19. The van der Waals surface area contributed by atoms with Crippen LogP contribution in [-0.4, -0.2) is 36.5 Å². The highest BCUT2D eigenvalue weighted by molar-refractivity contribution is 8.01. The summed E-state index contributed by atoms with van der Waals surface area (Å²) in [6.07, 6.45) is 2.85. The Hall–Kier alpha value is -1.30. The number of anilines is 2. The second kappa shape index (κ2) is 8.88. The van der Waals surface area contributed by atoms with Crippen LogP contribution in [0.25, 0.3) is 0 Å². The minimum atomic E-state index is -3.82. The lowest BCUT2D eigenvalue weighted by Crippen LogP contribution is -2.14. The van der Waals surface area contributed by atoms with Crippen molar-refractivity contribution in [3.8, 4) is 0 Å². The van der Waals surface area contributed by atoms with Gasteiger partial charge in [-0.25, -0.2) is 8.42 Å². The van der Waals surface area contributed by atoms with Gasteiger partial charge in [-0.05, 0) is 30.9 Å². The molecule has 0 unspecified atom stereocenters. The van der Waals surface area contributed by atoms with Crippen molar-refractivity contribution in [1.82, 2.24) is 10.2 Å². The van der Waals surface area contributed by atoms with E-state index in [1.165, 1.54) is 53.9 Å². The number of rotatable bonds is 8. The highest BCUT2D eigenvalue weighted by atomic mass is 32.2. The zero-order chi connectivity index (χ0) is 18.4. The number of aromatic nitrogens is 2. The fourth-order valence-corrected chi connectivity index (χ4v) is 5.28. The van der Waals surface area contributed by atoms with Crippen molar-refractivity contribution >= 4 is 61.6 Å². The SMILES string of the molecule is CCCSc1nnc(NS(=O)(=O)c2ccc(SC)c(NC(C)=O)c2)s1. The number of amides is 1. The van der Waals surface area contributed by atoms with Crippen molar-refractivity contribution in [1.29, 1.82) is 0 Å². The van der Waals surface area contributed by atoms with Crippen LogP contribution in [0.4, 0.5) is 10.8 Å². The van der Waals surface area contributed by atoms with Gasteiger partial charge in [0.25, 0.3) is 10.0 Å². The lowest BCUT2D eigenvalue weighted by Gasteiger charge is -2.11. The molecule has 1 amide bonds. The molecule has 0 aliphatic heterocycles. The molecule has 0 atom stereocenters. The van der Waals surface area contributed by atoms with E-state index >= 15 is 0 Å². The van der Waals surface area contributed by atoms with Gasteiger partial charge in [0.2, 0.25) is 11.0 Å². The maximum absolute atomic E-state index is 12.6. The van der Waals surface area contributed by atoms with E-state index in [1.807, 2.05) is 6.26 Å². The summed E-state index contributed by atoms with van der Waals surface area (Å²) in [5, 5.41) is 10.7. The van der Waals surface area contributed by atoms with Crippen molar-refractivity contribution in [2.24, 2.45) is 0 Å². The van der Waals surface area contributed by atoms with Crippen molar-refractivity contribution in [3.05, 3.63) is 18.2 Å². The first-order valence-electron chi connectivity index (χ1n) is 7.30. The molecular weight excluding hydrogens is 400 g/mol. The molecule has 1 aromatic carbocycles. The monoisotopic (exact) mass is 418 g/mol. The van der Waals surface area contributed by atoms with E-state index in [9.17, 15) is 13.2 Å². The van der Waals surface area contributed by atoms with Gasteiger partial charge in [0.1, 0.15) is 0 Å². The predicted octanol–water partition coefficient (Wildman–Crippen LogP) is 3.52. The summed E-state index contributed by atoms with van der Waals surface area (Å²) in [6.45, 7) is 3.43. The molecule has 1 aromatic heterocycles. The third-order valence-electron chi connectivity index (χ3n) is 2.85. The van der Waals surface area contributed by atoms with Crippen LogP contribution in [-0.2, 0) is 14.8 Å². The Bertz CT molecular complexity index is 852. The quantitative estimate of drug-likeness (QED) is 0.633. The molecule has 2 rings (SSSR count). The zero-order valence-electron chi connectivity index (χ0n) is 13.9. The molecule has 0 radical (unpaired) electrons. The van der Waals surface area contributed by atoms with Crippen molar-refractivity contribution in [2.45, 2.75) is 34.4 Å². The number of hydrogen-bond acceptors (Lipinski definition) is 8. The first-order valence-corrected chi connectivity index (χ1v) is 11.8. The van der Waals surface area contributed by atoms with Gasteiger partial charge in [-0.3, -0.25) is 9.52 Å². The average molecular weight is 419 g/mol. The first-order chi connectivity index (χ1) is 11.9. The van der Waals surface area contributed by atoms with E-state index in [4.69, 9.17) is 0 Å². The van der Waals surface area contributed by atoms with Crippen LogP contribution >= 0.6 is 34.9 Å². The Morgan fingerprint density at radius 3 is 2.72 bits per heavy atom. The minimum Gasteiger partial charge on any atom is -0.325 e. The van der Waals surface area contributed by atoms with Crippen molar-refractivity contribution in [2.75, 3.05) is 22.0 Å². The summed E-state index contributed by atoms with van der Waals surface area (Å²) in [4.78, 5) is 12.1. The molecule has 7 nitrogen and oxygen atoms in total. The Labute approximate surface area is 159 Å². The second-order valence-electron chi connectivity index (χ2n) is 4.87. The largest absolute Gasteiger partial charge is 0.325 e. The van der Waals surface area contributed by atoms with E-state index in [1.54, 1.807) is 6.07 Å². The van der Waals surface area contributed by atoms with Gasteiger partial charge in [-0.1, -0.05) is 30.0 Å². The maximum atomic E-state index is 12.6. The highest BCUT2D eigenvalue weighted by Crippen LogP contribution is 2.30. The van der Waals surface area contributed by atoms with Gasteiger partial charge >= 0.3 is 0 Å². The molecule has 0 bridgehead atoms. The average Bonchev–Trinajstić information content (AvgIpc) is 2.99. The minimum absolute atomic E-state index is 0.0482. The Morgan fingerprint density at radius 2 is 2.08 bits per heavy atom. The third kappa shape index (κ3) is 5.59. The van der Waals surface area contributed by atoms with E-state index in [0.717, 1.165) is 21.4 Å². The Kier molecular flexibility index (Phi) is 7.11. The number of nitrogens with one attached hydrogen (secondary N) is 2. The lowest BCUT2D eigenvalue weighted by molar-refractivity contribution is -0.114. The zero-order valence-corrected chi connectivity index (χ0v) is 17.2. The fourth-order valence-electron chi connectivity index (χ4n) is 1.81. The second-order valence-corrected chi connectivity index (χ2v) is 9.72. The van der Waals surface area contributed by atoms with Gasteiger partial charge < -0.3 is 5.32 Å². The van der Waals surface area contributed by atoms with Crippen LogP contribution in [0.3, 0.4) is 0 Å². The van der Waals surface area contributed by atoms with Crippen LogP contribution in [0, 0.1) is 0 Å². The number of carbonyl (C=O) groups is 1. The Balaban J connectivity index is 2.23. The Morgan fingerprint density at radius 1 is 1.32 bits per heavy atom. The molecule has 136 valence electrons. The van der Waals surface area contributed by atoms with Gasteiger partial charge in [0, 0.05) is 17.6 Å². The number of thioether (sulfide) groups is 2. The van der Waals surface area contributed by atoms with E-state index in [0.29, 0.717) is 5.69 Å². The molecule has 2 aromatic rings. The molecule has 11 heteroatoms. The number of nitrogens with zero attached hydrogens (tertiary/aromatic N) is 2.